The molecule has 3 rings (SSSR count). The molecule has 3 heteroatoms. The standard InChI is InChI=1S/C19H18N2O/c1-14(15-8-3-2-4-9-15)20-19(22)21-18-13-7-11-16-10-5-6-12-17(16)18/h2-14H,1H3,(H2,20,21,22). The van der Waals surface area contributed by atoms with E-state index in [0.717, 1.165) is 22.0 Å². The molecule has 2 N–H and O–H groups in total. The first-order valence-electron chi connectivity index (χ1n) is 7.34. The van der Waals surface area contributed by atoms with Crippen molar-refractivity contribution in [1.82, 2.24) is 5.32 Å². The molecule has 0 aliphatic carbocycles. The smallest absolute Gasteiger partial charge is 0.319 e. The van der Waals surface area contributed by atoms with Gasteiger partial charge in [0.1, 0.15) is 0 Å². The summed E-state index contributed by atoms with van der Waals surface area (Å²) in [5, 5.41) is 8.04. The maximum atomic E-state index is 12.2. The van der Waals surface area contributed by atoms with Gasteiger partial charge in [0.05, 0.1) is 11.7 Å². The van der Waals surface area contributed by atoms with E-state index in [1.165, 1.54) is 0 Å². The second kappa shape index (κ2) is 6.31. The third-order valence-electron chi connectivity index (χ3n) is 3.69. The molecule has 2 amide bonds. The number of anilines is 1. The van der Waals surface area contributed by atoms with E-state index in [-0.39, 0.29) is 12.1 Å². The normalized spacial score (nSPS) is 11.9. The van der Waals surface area contributed by atoms with Crippen LogP contribution in [0.2, 0.25) is 0 Å². The van der Waals surface area contributed by atoms with E-state index in [4.69, 9.17) is 0 Å². The molecule has 0 fully saturated rings. The minimum absolute atomic E-state index is 0.0452. The van der Waals surface area contributed by atoms with Gasteiger partial charge in [-0.05, 0) is 23.9 Å². The molecule has 0 aliphatic rings. The number of carbonyl (C=O) groups is 1. The number of urea groups is 1. The summed E-state index contributed by atoms with van der Waals surface area (Å²) < 4.78 is 0. The number of hydrogen-bond acceptors (Lipinski definition) is 1. The number of carbonyl (C=O) groups excluding carboxylic acids is 1. The fraction of sp³-hybridized carbons (Fsp3) is 0.105. The molecular weight excluding hydrogens is 272 g/mol. The maximum Gasteiger partial charge on any atom is 0.319 e. The van der Waals surface area contributed by atoms with Crippen molar-refractivity contribution in [2.75, 3.05) is 5.32 Å². The third kappa shape index (κ3) is 3.09. The van der Waals surface area contributed by atoms with Crippen LogP contribution in [-0.4, -0.2) is 6.03 Å². The summed E-state index contributed by atoms with van der Waals surface area (Å²) in [6.45, 7) is 1.97. The minimum atomic E-state index is -0.201. The van der Waals surface area contributed by atoms with Gasteiger partial charge in [0.15, 0.2) is 0 Å². The number of benzene rings is 3. The predicted octanol–water partition coefficient (Wildman–Crippen LogP) is 4.72. The van der Waals surface area contributed by atoms with Crippen molar-refractivity contribution in [3.63, 3.8) is 0 Å². The molecule has 0 saturated heterocycles. The molecular formula is C19H18N2O. The second-order valence-electron chi connectivity index (χ2n) is 5.26. The maximum absolute atomic E-state index is 12.2. The molecule has 110 valence electrons. The van der Waals surface area contributed by atoms with Crippen LogP contribution in [-0.2, 0) is 0 Å². The molecule has 0 radical (unpaired) electrons. The van der Waals surface area contributed by atoms with E-state index in [2.05, 4.69) is 10.6 Å². The van der Waals surface area contributed by atoms with Gasteiger partial charge in [0.25, 0.3) is 0 Å². The average Bonchev–Trinajstić information content (AvgIpc) is 2.56. The molecule has 22 heavy (non-hydrogen) atoms. The van der Waals surface area contributed by atoms with Crippen LogP contribution in [0.15, 0.2) is 72.8 Å². The SMILES string of the molecule is CC(NC(=O)Nc1cccc2ccccc12)c1ccccc1. The van der Waals surface area contributed by atoms with Gasteiger partial charge in [-0.15, -0.1) is 0 Å². The van der Waals surface area contributed by atoms with E-state index in [1.807, 2.05) is 79.7 Å². The van der Waals surface area contributed by atoms with Crippen LogP contribution in [0, 0.1) is 0 Å². The van der Waals surface area contributed by atoms with Crippen molar-refractivity contribution >= 4 is 22.5 Å². The molecule has 0 heterocycles. The van der Waals surface area contributed by atoms with Crippen molar-refractivity contribution < 1.29 is 4.79 Å². The fourth-order valence-electron chi connectivity index (χ4n) is 2.51. The van der Waals surface area contributed by atoms with E-state index in [0.29, 0.717) is 0 Å². The van der Waals surface area contributed by atoms with Crippen molar-refractivity contribution in [1.29, 1.82) is 0 Å². The molecule has 3 aromatic carbocycles. The van der Waals surface area contributed by atoms with E-state index in [9.17, 15) is 4.79 Å². The number of rotatable bonds is 3. The Morgan fingerprint density at radius 2 is 1.55 bits per heavy atom. The van der Waals surface area contributed by atoms with Crippen LogP contribution < -0.4 is 10.6 Å². The number of fused-ring (bicyclic) bond motifs is 1. The number of nitrogens with one attached hydrogen (secondary N) is 2. The van der Waals surface area contributed by atoms with E-state index < -0.39 is 0 Å². The van der Waals surface area contributed by atoms with Gasteiger partial charge < -0.3 is 10.6 Å². The van der Waals surface area contributed by atoms with Crippen LogP contribution in [0.25, 0.3) is 10.8 Å². The van der Waals surface area contributed by atoms with Crippen molar-refractivity contribution in [2.24, 2.45) is 0 Å². The van der Waals surface area contributed by atoms with Crippen LogP contribution in [0.4, 0.5) is 10.5 Å². The van der Waals surface area contributed by atoms with Gasteiger partial charge in [-0.25, -0.2) is 4.79 Å². The summed E-state index contributed by atoms with van der Waals surface area (Å²) >= 11 is 0. The number of hydrogen-bond donors (Lipinski definition) is 2. The number of amides is 2. The highest BCUT2D eigenvalue weighted by molar-refractivity contribution is 6.01. The highest BCUT2D eigenvalue weighted by Crippen LogP contribution is 2.23. The summed E-state index contributed by atoms with van der Waals surface area (Å²) in [4.78, 5) is 12.2. The Labute approximate surface area is 130 Å². The zero-order valence-corrected chi connectivity index (χ0v) is 12.4. The summed E-state index contributed by atoms with van der Waals surface area (Å²) in [5.41, 5.74) is 1.89. The summed E-state index contributed by atoms with van der Waals surface area (Å²) in [6.07, 6.45) is 0. The first-order chi connectivity index (χ1) is 10.7. The molecule has 1 atom stereocenters. The first-order valence-corrected chi connectivity index (χ1v) is 7.34. The summed E-state index contributed by atoms with van der Waals surface area (Å²) in [5.74, 6) is 0. The zero-order chi connectivity index (χ0) is 15.4. The Bertz CT molecular complexity index is 778. The Balaban J connectivity index is 1.74. The molecule has 0 bridgehead atoms. The fourth-order valence-corrected chi connectivity index (χ4v) is 2.51. The molecule has 0 aromatic heterocycles. The average molecular weight is 290 g/mol. The molecule has 3 nitrogen and oxygen atoms in total. The zero-order valence-electron chi connectivity index (χ0n) is 12.4. The Hall–Kier alpha value is -2.81. The largest absolute Gasteiger partial charge is 0.331 e. The lowest BCUT2D eigenvalue weighted by Gasteiger charge is -2.15. The van der Waals surface area contributed by atoms with Crippen LogP contribution in [0.3, 0.4) is 0 Å². The lowest BCUT2D eigenvalue weighted by Crippen LogP contribution is -2.31. The van der Waals surface area contributed by atoms with Gasteiger partial charge >= 0.3 is 6.03 Å². The lowest BCUT2D eigenvalue weighted by atomic mass is 10.1. The Kier molecular flexibility index (Phi) is 4.05. The monoisotopic (exact) mass is 290 g/mol. The van der Waals surface area contributed by atoms with Crippen molar-refractivity contribution in [3.8, 4) is 0 Å². The molecule has 0 aliphatic heterocycles. The Morgan fingerprint density at radius 1 is 0.864 bits per heavy atom. The topological polar surface area (TPSA) is 41.1 Å². The van der Waals surface area contributed by atoms with Gasteiger partial charge in [0, 0.05) is 5.39 Å². The van der Waals surface area contributed by atoms with Crippen LogP contribution >= 0.6 is 0 Å². The predicted molar refractivity (Wildman–Crippen MR) is 91.0 cm³/mol. The quantitative estimate of drug-likeness (QED) is 0.720. The first kappa shape index (κ1) is 14.1. The molecule has 1 unspecified atom stereocenters. The minimum Gasteiger partial charge on any atom is -0.331 e. The van der Waals surface area contributed by atoms with Crippen molar-refractivity contribution in [2.45, 2.75) is 13.0 Å². The highest BCUT2D eigenvalue weighted by atomic mass is 16.2. The van der Waals surface area contributed by atoms with E-state index in [1.54, 1.807) is 0 Å². The van der Waals surface area contributed by atoms with Crippen molar-refractivity contribution in [3.05, 3.63) is 78.4 Å². The van der Waals surface area contributed by atoms with Gasteiger partial charge in [0.2, 0.25) is 0 Å². The van der Waals surface area contributed by atoms with Gasteiger partial charge in [-0.1, -0.05) is 66.7 Å². The molecule has 0 saturated carbocycles. The second-order valence-corrected chi connectivity index (χ2v) is 5.26. The van der Waals surface area contributed by atoms with Crippen LogP contribution in [0.5, 0.6) is 0 Å². The van der Waals surface area contributed by atoms with Gasteiger partial charge in [-0.3, -0.25) is 0 Å². The summed E-state index contributed by atoms with van der Waals surface area (Å²) in [6, 6.07) is 23.5. The third-order valence-corrected chi connectivity index (χ3v) is 3.69. The van der Waals surface area contributed by atoms with Crippen LogP contribution in [0.1, 0.15) is 18.5 Å². The summed E-state index contributed by atoms with van der Waals surface area (Å²) in [7, 11) is 0. The lowest BCUT2D eigenvalue weighted by molar-refractivity contribution is 0.249. The molecule has 0 spiro atoms. The van der Waals surface area contributed by atoms with Gasteiger partial charge in [-0.2, -0.15) is 0 Å². The van der Waals surface area contributed by atoms with E-state index >= 15 is 0 Å². The highest BCUT2D eigenvalue weighted by Gasteiger charge is 2.10. The molecule has 3 aromatic rings. The Morgan fingerprint density at radius 3 is 2.36 bits per heavy atom.